The van der Waals surface area contributed by atoms with E-state index in [0.717, 1.165) is 0 Å². The quantitative estimate of drug-likeness (QED) is 0.379. The number of anilines is 1. The smallest absolute Gasteiger partial charge is 0.311 e. The molecular formula is C19H16N2O7. The van der Waals surface area contributed by atoms with E-state index in [1.54, 1.807) is 12.1 Å². The summed E-state index contributed by atoms with van der Waals surface area (Å²) in [6.07, 6.45) is 0.0825. The molecule has 3 rings (SSSR count). The third-order valence-electron chi connectivity index (χ3n) is 4.01. The van der Waals surface area contributed by atoms with Crippen LogP contribution in [0.1, 0.15) is 12.5 Å². The maximum atomic E-state index is 12.2. The van der Waals surface area contributed by atoms with Crippen LogP contribution in [0.25, 0.3) is 11.0 Å². The van der Waals surface area contributed by atoms with Gasteiger partial charge in [0.25, 0.3) is 11.6 Å². The van der Waals surface area contributed by atoms with Gasteiger partial charge in [0.1, 0.15) is 17.0 Å². The number of phenols is 1. The van der Waals surface area contributed by atoms with Crippen molar-refractivity contribution in [2.75, 3.05) is 5.32 Å². The molecule has 0 aliphatic carbocycles. The Balaban J connectivity index is 1.63. The van der Waals surface area contributed by atoms with E-state index in [9.17, 15) is 24.8 Å². The number of nitrogens with zero attached hydrogens (tertiary/aromatic N) is 1. The van der Waals surface area contributed by atoms with E-state index in [4.69, 9.17) is 9.15 Å². The number of carbonyl (C=O) groups excluding carboxylic acids is 2. The molecule has 0 bridgehead atoms. The molecule has 28 heavy (non-hydrogen) atoms. The summed E-state index contributed by atoms with van der Waals surface area (Å²) < 4.78 is 10.4. The summed E-state index contributed by atoms with van der Waals surface area (Å²) in [5.74, 6) is -1.32. The molecule has 0 aliphatic heterocycles. The van der Waals surface area contributed by atoms with Gasteiger partial charge in [-0.05, 0) is 25.1 Å². The van der Waals surface area contributed by atoms with Crippen LogP contribution < -0.4 is 5.32 Å². The van der Waals surface area contributed by atoms with Gasteiger partial charge in [-0.3, -0.25) is 19.7 Å². The van der Waals surface area contributed by atoms with Gasteiger partial charge in [0.15, 0.2) is 6.10 Å². The number of aromatic hydroxyl groups is 1. The number of ether oxygens (including phenoxy) is 1. The van der Waals surface area contributed by atoms with E-state index in [1.807, 2.05) is 0 Å². The highest BCUT2D eigenvalue weighted by molar-refractivity contribution is 5.97. The minimum Gasteiger partial charge on any atom is -0.508 e. The van der Waals surface area contributed by atoms with E-state index in [1.165, 1.54) is 43.5 Å². The standard InChI is InChI=1S/C19H16N2O7/c1-11(19(24)20-15-4-2-3-5-16(15)21(25)26)28-18(23)8-12-10-27-17-9-13(22)6-7-14(12)17/h2-7,9-11,22H,8H2,1H3,(H,20,24)/t11-/m0/s1. The average Bonchev–Trinajstić information content (AvgIpc) is 3.03. The number of hydrogen-bond acceptors (Lipinski definition) is 7. The van der Waals surface area contributed by atoms with Gasteiger partial charge in [-0.2, -0.15) is 0 Å². The van der Waals surface area contributed by atoms with Crippen molar-refractivity contribution in [3.05, 3.63) is 64.4 Å². The number of nitrogens with one attached hydrogen (secondary N) is 1. The lowest BCUT2D eigenvalue weighted by Crippen LogP contribution is -2.30. The molecule has 1 amide bonds. The van der Waals surface area contributed by atoms with Gasteiger partial charge in [0.05, 0.1) is 17.6 Å². The number of nitro benzene ring substituents is 1. The Hall–Kier alpha value is -3.88. The zero-order valence-corrected chi connectivity index (χ0v) is 14.7. The monoisotopic (exact) mass is 384 g/mol. The molecule has 9 heteroatoms. The molecule has 0 saturated heterocycles. The number of phenolic OH excluding ortho intramolecular Hbond substituents is 1. The van der Waals surface area contributed by atoms with E-state index in [2.05, 4.69) is 5.32 Å². The maximum Gasteiger partial charge on any atom is 0.311 e. The molecule has 0 radical (unpaired) electrons. The van der Waals surface area contributed by atoms with Crippen molar-refractivity contribution in [3.63, 3.8) is 0 Å². The third kappa shape index (κ3) is 4.09. The van der Waals surface area contributed by atoms with Gasteiger partial charge in [-0.1, -0.05) is 12.1 Å². The average molecular weight is 384 g/mol. The van der Waals surface area contributed by atoms with Crippen molar-refractivity contribution >= 4 is 34.2 Å². The molecule has 0 unspecified atom stereocenters. The first-order valence-corrected chi connectivity index (χ1v) is 8.28. The van der Waals surface area contributed by atoms with Crippen molar-refractivity contribution in [2.45, 2.75) is 19.4 Å². The van der Waals surface area contributed by atoms with Crippen LogP contribution in [0.2, 0.25) is 0 Å². The number of hydrogen-bond donors (Lipinski definition) is 2. The van der Waals surface area contributed by atoms with E-state index in [0.29, 0.717) is 16.5 Å². The van der Waals surface area contributed by atoms with E-state index < -0.39 is 22.9 Å². The number of amides is 1. The Kier molecular flexibility index (Phi) is 5.25. The van der Waals surface area contributed by atoms with E-state index in [-0.39, 0.29) is 23.5 Å². The van der Waals surface area contributed by atoms with Gasteiger partial charge in [0, 0.05) is 23.1 Å². The number of para-hydroxylation sites is 2. The Morgan fingerprint density at radius 3 is 2.79 bits per heavy atom. The molecule has 3 aromatic rings. The predicted molar refractivity (Wildman–Crippen MR) is 98.9 cm³/mol. The number of benzene rings is 2. The number of nitro groups is 1. The molecule has 2 aromatic carbocycles. The van der Waals surface area contributed by atoms with Crippen molar-refractivity contribution in [1.82, 2.24) is 0 Å². The predicted octanol–water partition coefficient (Wildman–Crippen LogP) is 3.16. The van der Waals surface area contributed by atoms with Crippen LogP contribution in [0.4, 0.5) is 11.4 Å². The molecule has 1 atom stereocenters. The highest BCUT2D eigenvalue weighted by atomic mass is 16.6. The minimum absolute atomic E-state index is 0.0148. The van der Waals surface area contributed by atoms with Crippen LogP contribution in [0.5, 0.6) is 5.75 Å². The second-order valence-electron chi connectivity index (χ2n) is 6.01. The molecule has 144 valence electrons. The molecule has 0 aliphatic rings. The zero-order chi connectivity index (χ0) is 20.3. The minimum atomic E-state index is -1.16. The molecule has 0 spiro atoms. The van der Waals surface area contributed by atoms with Crippen LogP contribution in [0.15, 0.2) is 53.1 Å². The van der Waals surface area contributed by atoms with Crippen LogP contribution in [-0.4, -0.2) is 28.0 Å². The summed E-state index contributed by atoms with van der Waals surface area (Å²) in [6, 6.07) is 10.2. The normalized spacial score (nSPS) is 11.8. The highest BCUT2D eigenvalue weighted by Gasteiger charge is 2.22. The largest absolute Gasteiger partial charge is 0.508 e. The fourth-order valence-electron chi connectivity index (χ4n) is 2.63. The number of fused-ring (bicyclic) bond motifs is 1. The zero-order valence-electron chi connectivity index (χ0n) is 14.7. The Bertz CT molecular complexity index is 1060. The topological polar surface area (TPSA) is 132 Å². The Morgan fingerprint density at radius 1 is 1.29 bits per heavy atom. The summed E-state index contributed by atoms with van der Waals surface area (Å²) >= 11 is 0. The summed E-state index contributed by atoms with van der Waals surface area (Å²) in [4.78, 5) is 34.8. The number of esters is 1. The van der Waals surface area contributed by atoms with Crippen LogP contribution in [-0.2, 0) is 20.7 Å². The maximum absolute atomic E-state index is 12.2. The van der Waals surface area contributed by atoms with Gasteiger partial charge >= 0.3 is 5.97 Å². The van der Waals surface area contributed by atoms with Gasteiger partial charge in [-0.25, -0.2) is 0 Å². The number of carbonyl (C=O) groups is 2. The first-order valence-electron chi connectivity index (χ1n) is 8.28. The van der Waals surface area contributed by atoms with Gasteiger partial charge in [-0.15, -0.1) is 0 Å². The van der Waals surface area contributed by atoms with Gasteiger partial charge in [0.2, 0.25) is 0 Å². The lowest BCUT2D eigenvalue weighted by molar-refractivity contribution is -0.383. The fourth-order valence-corrected chi connectivity index (χ4v) is 2.63. The second kappa shape index (κ2) is 7.78. The molecule has 1 heterocycles. The summed E-state index contributed by atoms with van der Waals surface area (Å²) in [7, 11) is 0. The molecule has 0 fully saturated rings. The third-order valence-corrected chi connectivity index (χ3v) is 4.01. The first-order chi connectivity index (χ1) is 13.3. The lowest BCUT2D eigenvalue weighted by atomic mass is 10.1. The summed E-state index contributed by atoms with van der Waals surface area (Å²) in [5.41, 5.74) is 0.722. The van der Waals surface area contributed by atoms with Crippen LogP contribution in [0, 0.1) is 10.1 Å². The molecular weight excluding hydrogens is 368 g/mol. The molecule has 9 nitrogen and oxygen atoms in total. The molecule has 2 N–H and O–H groups in total. The summed E-state index contributed by atoms with van der Waals surface area (Å²) in [5, 5.41) is 23.5. The number of furan rings is 1. The SMILES string of the molecule is C[C@H](OC(=O)Cc1coc2cc(O)ccc12)C(=O)Nc1ccccc1[N+](=O)[O-]. The van der Waals surface area contributed by atoms with Crippen molar-refractivity contribution in [3.8, 4) is 5.75 Å². The van der Waals surface area contributed by atoms with Crippen molar-refractivity contribution in [1.29, 1.82) is 0 Å². The Labute approximate surface area is 158 Å². The van der Waals surface area contributed by atoms with Crippen molar-refractivity contribution in [2.24, 2.45) is 0 Å². The number of rotatable bonds is 6. The van der Waals surface area contributed by atoms with Crippen LogP contribution >= 0.6 is 0 Å². The highest BCUT2D eigenvalue weighted by Crippen LogP contribution is 2.26. The molecule has 0 saturated carbocycles. The summed E-state index contributed by atoms with van der Waals surface area (Å²) in [6.45, 7) is 1.37. The van der Waals surface area contributed by atoms with Crippen molar-refractivity contribution < 1.29 is 28.8 Å². The molecule has 1 aromatic heterocycles. The lowest BCUT2D eigenvalue weighted by Gasteiger charge is -2.13. The Morgan fingerprint density at radius 2 is 2.04 bits per heavy atom. The van der Waals surface area contributed by atoms with E-state index >= 15 is 0 Å². The van der Waals surface area contributed by atoms with Gasteiger partial charge < -0.3 is 19.6 Å². The second-order valence-corrected chi connectivity index (χ2v) is 6.01. The first kappa shape index (κ1) is 18.9. The fraction of sp³-hybridized carbons (Fsp3) is 0.158. The van der Waals surface area contributed by atoms with Crippen LogP contribution in [0.3, 0.4) is 0 Å².